The molecule has 1 rings (SSSR count). The second kappa shape index (κ2) is 6.16. The average Bonchev–Trinajstić information content (AvgIpc) is 2.29. The van der Waals surface area contributed by atoms with E-state index in [-0.39, 0.29) is 23.1 Å². The smallest absolute Gasteiger partial charge is 0.257 e. The summed E-state index contributed by atoms with van der Waals surface area (Å²) in [5, 5.41) is 0. The van der Waals surface area contributed by atoms with Crippen molar-refractivity contribution in [3.05, 3.63) is 29.3 Å². The number of hydrogen-bond acceptors (Lipinski definition) is 3. The number of sulfonamides is 1. The van der Waals surface area contributed by atoms with Gasteiger partial charge in [-0.1, -0.05) is 26.0 Å². The standard InChI is InChI=1S/C13H20N2O3S/c1-9(2)7-13(16)14-15-19(17,18)12-8-10(3)5-6-11(12)4/h5-6,8-9,15H,7H2,1-4H3,(H,14,16). The van der Waals surface area contributed by atoms with Crippen LogP contribution in [0.15, 0.2) is 23.1 Å². The lowest BCUT2D eigenvalue weighted by Crippen LogP contribution is -2.42. The molecule has 0 saturated heterocycles. The molecule has 1 aromatic rings. The fourth-order valence-corrected chi connectivity index (χ4v) is 2.79. The van der Waals surface area contributed by atoms with Crippen LogP contribution < -0.4 is 10.3 Å². The Morgan fingerprint density at radius 2 is 1.89 bits per heavy atom. The van der Waals surface area contributed by atoms with Crippen LogP contribution in [0.3, 0.4) is 0 Å². The lowest BCUT2D eigenvalue weighted by Gasteiger charge is -2.11. The lowest BCUT2D eigenvalue weighted by atomic mass is 10.1. The maximum absolute atomic E-state index is 12.1. The quantitative estimate of drug-likeness (QED) is 0.807. The van der Waals surface area contributed by atoms with Gasteiger partial charge in [0.1, 0.15) is 0 Å². The minimum atomic E-state index is -3.73. The third-order valence-electron chi connectivity index (χ3n) is 2.55. The van der Waals surface area contributed by atoms with Gasteiger partial charge in [0.2, 0.25) is 5.91 Å². The number of carbonyl (C=O) groups is 1. The highest BCUT2D eigenvalue weighted by Gasteiger charge is 2.17. The molecule has 0 saturated carbocycles. The molecule has 0 aliphatic carbocycles. The fraction of sp³-hybridized carbons (Fsp3) is 0.462. The van der Waals surface area contributed by atoms with Gasteiger partial charge in [0.25, 0.3) is 10.0 Å². The van der Waals surface area contributed by atoms with E-state index in [1.807, 2.05) is 26.8 Å². The first-order valence-corrected chi connectivity index (χ1v) is 7.58. The zero-order valence-corrected chi connectivity index (χ0v) is 12.5. The molecule has 0 bridgehead atoms. The zero-order chi connectivity index (χ0) is 14.6. The molecule has 5 nitrogen and oxygen atoms in total. The van der Waals surface area contributed by atoms with Crippen LogP contribution in [-0.2, 0) is 14.8 Å². The highest BCUT2D eigenvalue weighted by Crippen LogP contribution is 2.15. The average molecular weight is 284 g/mol. The predicted molar refractivity (Wildman–Crippen MR) is 73.8 cm³/mol. The van der Waals surface area contributed by atoms with Gasteiger partial charge in [0.15, 0.2) is 0 Å². The summed E-state index contributed by atoms with van der Waals surface area (Å²) in [5.74, 6) is -0.172. The van der Waals surface area contributed by atoms with E-state index in [2.05, 4.69) is 10.3 Å². The number of nitrogens with one attached hydrogen (secondary N) is 2. The lowest BCUT2D eigenvalue weighted by molar-refractivity contribution is -0.122. The monoisotopic (exact) mass is 284 g/mol. The van der Waals surface area contributed by atoms with Crippen molar-refractivity contribution in [1.82, 2.24) is 10.3 Å². The summed E-state index contributed by atoms with van der Waals surface area (Å²) in [4.78, 5) is 13.7. The van der Waals surface area contributed by atoms with Crippen LogP contribution in [0, 0.1) is 19.8 Å². The van der Waals surface area contributed by atoms with Gasteiger partial charge >= 0.3 is 0 Å². The van der Waals surface area contributed by atoms with E-state index in [4.69, 9.17) is 0 Å². The summed E-state index contributed by atoms with van der Waals surface area (Å²) in [5.41, 5.74) is 3.70. The molecule has 6 heteroatoms. The van der Waals surface area contributed by atoms with Crippen molar-refractivity contribution in [2.24, 2.45) is 5.92 Å². The van der Waals surface area contributed by atoms with E-state index < -0.39 is 10.0 Å². The van der Waals surface area contributed by atoms with Gasteiger partial charge < -0.3 is 0 Å². The van der Waals surface area contributed by atoms with Gasteiger partial charge in [-0.05, 0) is 37.0 Å². The third kappa shape index (κ3) is 4.65. The summed E-state index contributed by atoms with van der Waals surface area (Å²) >= 11 is 0. The zero-order valence-electron chi connectivity index (χ0n) is 11.6. The van der Waals surface area contributed by atoms with E-state index >= 15 is 0 Å². The molecule has 1 amide bonds. The Morgan fingerprint density at radius 3 is 2.47 bits per heavy atom. The van der Waals surface area contributed by atoms with E-state index in [0.717, 1.165) is 5.56 Å². The Hall–Kier alpha value is -1.40. The Balaban J connectivity index is 2.82. The summed E-state index contributed by atoms with van der Waals surface area (Å²) in [6.45, 7) is 7.30. The van der Waals surface area contributed by atoms with Crippen molar-refractivity contribution < 1.29 is 13.2 Å². The molecule has 106 valence electrons. The van der Waals surface area contributed by atoms with Crippen molar-refractivity contribution in [2.45, 2.75) is 39.0 Å². The molecule has 19 heavy (non-hydrogen) atoms. The third-order valence-corrected chi connectivity index (χ3v) is 3.94. The molecule has 0 radical (unpaired) electrons. The molecule has 0 aliphatic heterocycles. The molecular weight excluding hydrogens is 264 g/mol. The largest absolute Gasteiger partial charge is 0.278 e. The Kier molecular flexibility index (Phi) is 5.08. The summed E-state index contributed by atoms with van der Waals surface area (Å²) in [7, 11) is -3.73. The van der Waals surface area contributed by atoms with Crippen molar-refractivity contribution in [3.8, 4) is 0 Å². The summed E-state index contributed by atoms with van der Waals surface area (Å²) < 4.78 is 24.1. The number of hydrazine groups is 1. The van der Waals surface area contributed by atoms with E-state index in [1.165, 1.54) is 0 Å². The van der Waals surface area contributed by atoms with Crippen molar-refractivity contribution >= 4 is 15.9 Å². The topological polar surface area (TPSA) is 75.3 Å². The van der Waals surface area contributed by atoms with Crippen molar-refractivity contribution in [1.29, 1.82) is 0 Å². The van der Waals surface area contributed by atoms with Crippen molar-refractivity contribution in [3.63, 3.8) is 0 Å². The normalized spacial score (nSPS) is 11.6. The van der Waals surface area contributed by atoms with Gasteiger partial charge in [-0.15, -0.1) is 4.83 Å². The van der Waals surface area contributed by atoms with Crippen LogP contribution in [0.5, 0.6) is 0 Å². The molecule has 2 N–H and O–H groups in total. The second-order valence-electron chi connectivity index (χ2n) is 5.02. The Bertz CT molecular complexity index is 565. The number of rotatable bonds is 5. The first-order valence-electron chi connectivity index (χ1n) is 6.10. The first-order chi connectivity index (χ1) is 8.72. The molecule has 0 aromatic heterocycles. The molecule has 0 fully saturated rings. The fourth-order valence-electron chi connectivity index (χ4n) is 1.60. The Morgan fingerprint density at radius 1 is 1.26 bits per heavy atom. The maximum atomic E-state index is 12.1. The number of aryl methyl sites for hydroxylation is 2. The molecule has 0 unspecified atom stereocenters. The van der Waals surface area contributed by atoms with E-state index in [1.54, 1.807) is 19.1 Å². The van der Waals surface area contributed by atoms with Gasteiger partial charge in [-0.2, -0.15) is 0 Å². The molecule has 0 heterocycles. The Labute approximate surface area is 114 Å². The highest BCUT2D eigenvalue weighted by atomic mass is 32.2. The summed E-state index contributed by atoms with van der Waals surface area (Å²) in [6, 6.07) is 5.15. The number of hydrogen-bond donors (Lipinski definition) is 2. The minimum Gasteiger partial charge on any atom is -0.278 e. The van der Waals surface area contributed by atoms with E-state index in [9.17, 15) is 13.2 Å². The van der Waals surface area contributed by atoms with Crippen LogP contribution in [0.25, 0.3) is 0 Å². The van der Waals surface area contributed by atoms with E-state index in [0.29, 0.717) is 5.56 Å². The minimum absolute atomic E-state index is 0.171. The number of carbonyl (C=O) groups excluding carboxylic acids is 1. The van der Waals surface area contributed by atoms with Gasteiger partial charge in [0, 0.05) is 6.42 Å². The van der Waals surface area contributed by atoms with Crippen LogP contribution in [-0.4, -0.2) is 14.3 Å². The van der Waals surface area contributed by atoms with Crippen LogP contribution in [0.2, 0.25) is 0 Å². The molecule has 1 aromatic carbocycles. The molecular formula is C13H20N2O3S. The highest BCUT2D eigenvalue weighted by molar-refractivity contribution is 7.89. The second-order valence-corrected chi connectivity index (χ2v) is 6.67. The van der Waals surface area contributed by atoms with Gasteiger partial charge in [-0.25, -0.2) is 8.42 Å². The molecule has 0 spiro atoms. The molecule has 0 aliphatic rings. The van der Waals surface area contributed by atoms with Gasteiger partial charge in [-0.3, -0.25) is 10.2 Å². The molecule has 0 atom stereocenters. The predicted octanol–water partition coefficient (Wildman–Crippen LogP) is 1.66. The maximum Gasteiger partial charge on any atom is 0.257 e. The van der Waals surface area contributed by atoms with Crippen molar-refractivity contribution in [2.75, 3.05) is 0 Å². The van der Waals surface area contributed by atoms with Gasteiger partial charge in [0.05, 0.1) is 4.90 Å². The number of amides is 1. The van der Waals surface area contributed by atoms with Crippen LogP contribution in [0.1, 0.15) is 31.4 Å². The summed E-state index contributed by atoms with van der Waals surface area (Å²) in [6.07, 6.45) is 0.273. The SMILES string of the molecule is Cc1ccc(C)c(S(=O)(=O)NNC(=O)CC(C)C)c1. The first kappa shape index (κ1) is 15.7. The van der Waals surface area contributed by atoms with Crippen LogP contribution in [0.4, 0.5) is 0 Å². The van der Waals surface area contributed by atoms with Crippen LogP contribution >= 0.6 is 0 Å². The number of benzene rings is 1.